The monoisotopic (exact) mass is 645 g/mol. The molecule has 0 aromatic heterocycles. The van der Waals surface area contributed by atoms with Crippen LogP contribution in [0.1, 0.15) is 55.9 Å². The lowest BCUT2D eigenvalue weighted by Crippen LogP contribution is -2.48. The fraction of sp³-hybridized carbons (Fsp3) is 0.275. The molecule has 48 heavy (non-hydrogen) atoms. The lowest BCUT2D eigenvalue weighted by molar-refractivity contribution is -0.122. The molecule has 8 heteroatoms. The third-order valence-electron chi connectivity index (χ3n) is 8.25. The zero-order valence-electron chi connectivity index (χ0n) is 27.9. The molecule has 0 saturated heterocycles. The number of benzene rings is 4. The first kappa shape index (κ1) is 34.0. The van der Waals surface area contributed by atoms with Crippen molar-refractivity contribution in [3.05, 3.63) is 144 Å². The Morgan fingerprint density at radius 1 is 0.833 bits per heavy atom. The summed E-state index contributed by atoms with van der Waals surface area (Å²) in [4.78, 5) is 41.9. The van der Waals surface area contributed by atoms with E-state index in [1.807, 2.05) is 109 Å². The van der Waals surface area contributed by atoms with Crippen LogP contribution in [0.15, 0.2) is 121 Å². The van der Waals surface area contributed by atoms with Crippen molar-refractivity contribution in [1.29, 1.82) is 0 Å². The number of hydrogen-bond acceptors (Lipinski definition) is 5. The number of nitrogens with zero attached hydrogens (tertiary/aromatic N) is 1. The average Bonchev–Trinajstić information content (AvgIpc) is 3.52. The quantitative estimate of drug-likeness (QED) is 0.136. The molecule has 4 aromatic carbocycles. The number of nitrogens with one attached hydrogen (secondary N) is 2. The highest BCUT2D eigenvalue weighted by Crippen LogP contribution is 2.37. The number of ether oxygens (including phenoxy) is 2. The van der Waals surface area contributed by atoms with Gasteiger partial charge < -0.3 is 25.0 Å². The minimum atomic E-state index is -0.966. The maximum absolute atomic E-state index is 14.0. The molecule has 0 bridgehead atoms. The van der Waals surface area contributed by atoms with Crippen molar-refractivity contribution in [3.8, 4) is 5.75 Å². The molecule has 1 heterocycles. The largest absolute Gasteiger partial charge is 0.497 e. The fourth-order valence-corrected chi connectivity index (χ4v) is 6.04. The molecule has 0 unspecified atom stereocenters. The van der Waals surface area contributed by atoms with E-state index < -0.39 is 23.3 Å². The molecule has 2 N–H and O–H groups in total. The highest BCUT2D eigenvalue weighted by molar-refractivity contribution is 6.03. The van der Waals surface area contributed by atoms with Crippen molar-refractivity contribution in [2.75, 3.05) is 18.6 Å². The second-order valence-electron chi connectivity index (χ2n) is 12.8. The number of rotatable bonds is 11. The Labute approximate surface area is 282 Å². The molecular weight excluding hydrogens is 602 g/mol. The smallest absolute Gasteiger partial charge is 0.408 e. The number of alkyl carbamates (subject to hydrolysis) is 1. The molecule has 4 aromatic rings. The van der Waals surface area contributed by atoms with Crippen LogP contribution in [0.3, 0.4) is 0 Å². The van der Waals surface area contributed by atoms with Crippen molar-refractivity contribution in [1.82, 2.24) is 10.6 Å². The molecular formula is C40H43N3O5. The van der Waals surface area contributed by atoms with Crippen LogP contribution >= 0.6 is 0 Å². The Morgan fingerprint density at radius 3 is 1.92 bits per heavy atom. The summed E-state index contributed by atoms with van der Waals surface area (Å²) < 4.78 is 10.8. The van der Waals surface area contributed by atoms with Gasteiger partial charge in [-0.3, -0.25) is 9.59 Å². The molecule has 248 valence electrons. The minimum Gasteiger partial charge on any atom is -0.497 e. The van der Waals surface area contributed by atoms with Crippen LogP contribution in [0, 0.1) is 0 Å². The number of carbonyl (C=O) groups excluding carboxylic acids is 3. The van der Waals surface area contributed by atoms with E-state index in [9.17, 15) is 14.4 Å². The summed E-state index contributed by atoms with van der Waals surface area (Å²) >= 11 is 0. The standard InChI is InChI=1S/C40H43N3O5/c1-39(2,3)48-38(46)41-33(21-25-37(45)43-27-26-29-28-34(47-4)22-23-35(29)43)20-24-36(44)42-40(30-14-8-5-9-15-30,31-16-10-6-11-17-31)32-18-12-7-13-19-32/h5-19,21-23,25,28,33H,20,24,26-27H2,1-4H3,(H,41,46)(H,42,44)/b25-21+/t33-/m0/s1. The van der Waals surface area contributed by atoms with Gasteiger partial charge in [-0.2, -0.15) is 0 Å². The summed E-state index contributed by atoms with van der Waals surface area (Å²) in [6, 6.07) is 34.7. The lowest BCUT2D eigenvalue weighted by Gasteiger charge is -2.37. The van der Waals surface area contributed by atoms with Gasteiger partial charge in [0.25, 0.3) is 5.91 Å². The highest BCUT2D eigenvalue weighted by Gasteiger charge is 2.38. The van der Waals surface area contributed by atoms with Crippen LogP contribution < -0.4 is 20.3 Å². The summed E-state index contributed by atoms with van der Waals surface area (Å²) in [7, 11) is 1.62. The molecule has 1 aliphatic rings. The van der Waals surface area contributed by atoms with E-state index in [1.54, 1.807) is 38.9 Å². The number of methoxy groups -OCH3 is 1. The van der Waals surface area contributed by atoms with Crippen LogP contribution in [-0.4, -0.2) is 43.2 Å². The van der Waals surface area contributed by atoms with Gasteiger partial charge in [0.2, 0.25) is 5.91 Å². The number of hydrogen-bond donors (Lipinski definition) is 2. The van der Waals surface area contributed by atoms with E-state index in [-0.39, 0.29) is 24.7 Å². The topological polar surface area (TPSA) is 97.0 Å². The van der Waals surface area contributed by atoms with Crippen molar-refractivity contribution < 1.29 is 23.9 Å². The Morgan fingerprint density at radius 2 is 1.40 bits per heavy atom. The summed E-state index contributed by atoms with van der Waals surface area (Å²) in [5, 5.41) is 6.22. The third-order valence-corrected chi connectivity index (χ3v) is 8.25. The van der Waals surface area contributed by atoms with Gasteiger partial charge in [-0.25, -0.2) is 4.79 Å². The number of anilines is 1. The second kappa shape index (κ2) is 15.0. The molecule has 8 nitrogen and oxygen atoms in total. The van der Waals surface area contributed by atoms with E-state index in [0.717, 1.165) is 40.1 Å². The summed E-state index contributed by atoms with van der Waals surface area (Å²) in [6.07, 6.45) is 3.49. The van der Waals surface area contributed by atoms with Gasteiger partial charge in [-0.05, 0) is 74.1 Å². The summed E-state index contributed by atoms with van der Waals surface area (Å²) in [5.74, 6) is 0.314. The van der Waals surface area contributed by atoms with Crippen molar-refractivity contribution >= 4 is 23.6 Å². The summed E-state index contributed by atoms with van der Waals surface area (Å²) in [6.45, 7) is 5.89. The molecule has 0 fully saturated rings. The highest BCUT2D eigenvalue weighted by atomic mass is 16.6. The molecule has 0 radical (unpaired) electrons. The van der Waals surface area contributed by atoms with Gasteiger partial charge in [0.1, 0.15) is 16.9 Å². The van der Waals surface area contributed by atoms with Crippen LogP contribution in [0.25, 0.3) is 0 Å². The Hall–Kier alpha value is -5.37. The molecule has 0 saturated carbocycles. The predicted molar refractivity (Wildman–Crippen MR) is 188 cm³/mol. The van der Waals surface area contributed by atoms with Gasteiger partial charge in [0.15, 0.2) is 0 Å². The third kappa shape index (κ3) is 8.12. The first-order valence-corrected chi connectivity index (χ1v) is 16.2. The number of amides is 3. The van der Waals surface area contributed by atoms with Gasteiger partial charge in [0, 0.05) is 24.7 Å². The normalized spacial score (nSPS) is 13.5. The van der Waals surface area contributed by atoms with E-state index in [4.69, 9.17) is 9.47 Å². The first-order valence-electron chi connectivity index (χ1n) is 16.2. The van der Waals surface area contributed by atoms with E-state index in [2.05, 4.69) is 10.6 Å². The molecule has 1 aliphatic heterocycles. The lowest BCUT2D eigenvalue weighted by atomic mass is 9.77. The Kier molecular flexibility index (Phi) is 10.6. The van der Waals surface area contributed by atoms with Crippen LogP contribution in [0.5, 0.6) is 5.75 Å². The number of carbonyl (C=O) groups is 3. The predicted octanol–water partition coefficient (Wildman–Crippen LogP) is 6.92. The molecule has 1 atom stereocenters. The SMILES string of the molecule is COc1ccc2c(c1)CCN2C(=O)/C=C/[C@H](CCC(=O)NC(c1ccccc1)(c1ccccc1)c1ccccc1)NC(=O)OC(C)(C)C. The van der Waals surface area contributed by atoms with Crippen molar-refractivity contribution in [2.45, 2.75) is 57.2 Å². The molecule has 5 rings (SSSR count). The van der Waals surface area contributed by atoms with Crippen molar-refractivity contribution in [2.24, 2.45) is 0 Å². The van der Waals surface area contributed by atoms with Crippen LogP contribution in [0.2, 0.25) is 0 Å². The molecule has 0 spiro atoms. The van der Waals surface area contributed by atoms with E-state index in [1.165, 1.54) is 6.08 Å². The zero-order valence-corrected chi connectivity index (χ0v) is 27.9. The minimum absolute atomic E-state index is 0.0690. The fourth-order valence-electron chi connectivity index (χ4n) is 6.04. The zero-order chi connectivity index (χ0) is 34.1. The molecule has 3 amide bonds. The maximum atomic E-state index is 14.0. The maximum Gasteiger partial charge on any atom is 0.408 e. The number of fused-ring (bicyclic) bond motifs is 1. The van der Waals surface area contributed by atoms with Gasteiger partial charge in [-0.1, -0.05) is 97.1 Å². The second-order valence-corrected chi connectivity index (χ2v) is 12.8. The van der Waals surface area contributed by atoms with E-state index in [0.29, 0.717) is 6.54 Å². The van der Waals surface area contributed by atoms with E-state index >= 15 is 0 Å². The average molecular weight is 646 g/mol. The van der Waals surface area contributed by atoms with Gasteiger partial charge in [-0.15, -0.1) is 0 Å². The van der Waals surface area contributed by atoms with Gasteiger partial charge in [0.05, 0.1) is 13.2 Å². The van der Waals surface area contributed by atoms with Crippen LogP contribution in [-0.2, 0) is 26.3 Å². The van der Waals surface area contributed by atoms with Crippen LogP contribution in [0.4, 0.5) is 10.5 Å². The summed E-state index contributed by atoms with van der Waals surface area (Å²) in [5.41, 5.74) is 2.92. The Balaban J connectivity index is 1.38. The van der Waals surface area contributed by atoms with Gasteiger partial charge >= 0.3 is 6.09 Å². The first-order chi connectivity index (χ1) is 23.1. The molecule has 0 aliphatic carbocycles. The Bertz CT molecular complexity index is 1640. The van der Waals surface area contributed by atoms with Crippen molar-refractivity contribution in [3.63, 3.8) is 0 Å².